The van der Waals surface area contributed by atoms with Crippen LogP contribution in [0.4, 0.5) is 0 Å². The van der Waals surface area contributed by atoms with Crippen LogP contribution in [-0.4, -0.2) is 5.97 Å². The summed E-state index contributed by atoms with van der Waals surface area (Å²) < 4.78 is 0. The average molecular weight is 127 g/mol. The van der Waals surface area contributed by atoms with Crippen LogP contribution in [0.15, 0.2) is 12.7 Å². The highest BCUT2D eigenvalue weighted by Crippen LogP contribution is 2.20. The van der Waals surface area contributed by atoms with E-state index < -0.39 is 11.4 Å². The molecule has 0 atom stereocenters. The van der Waals surface area contributed by atoms with E-state index in [0.29, 0.717) is 6.42 Å². The highest BCUT2D eigenvalue weighted by molar-refractivity contribution is 5.73. The topological polar surface area (TPSA) is 37.0 Å². The Hall–Kier alpha value is -0.790. The lowest BCUT2D eigenvalue weighted by atomic mass is 9.90. The first-order valence-electron chi connectivity index (χ1n) is 2.83. The summed E-state index contributed by atoms with van der Waals surface area (Å²) in [6.07, 6.45) is 2.03. The van der Waals surface area contributed by atoms with Crippen LogP contribution in [-0.2, 0) is 9.90 Å². The lowest BCUT2D eigenvalue weighted by molar-refractivity contribution is -0.153. The molecule has 51 valence electrons. The van der Waals surface area contributed by atoms with Gasteiger partial charge in [-0.15, -0.1) is 6.58 Å². The minimum absolute atomic E-state index is 0.454. The van der Waals surface area contributed by atoms with Gasteiger partial charge in [0.2, 0.25) is 0 Å². The molecule has 0 saturated carbocycles. The average Bonchev–Trinajstić information content (AvgIpc) is 1.65. The lowest BCUT2D eigenvalue weighted by Gasteiger charge is -2.13. The van der Waals surface area contributed by atoms with Gasteiger partial charge in [-0.1, -0.05) is 6.08 Å². The fourth-order valence-electron chi connectivity index (χ4n) is 0.444. The van der Waals surface area contributed by atoms with E-state index in [1.807, 2.05) is 0 Å². The second-order valence-corrected chi connectivity index (χ2v) is 2.66. The Balaban J connectivity index is 4.00. The van der Waals surface area contributed by atoms with Crippen LogP contribution in [0.3, 0.4) is 0 Å². The van der Waals surface area contributed by atoms with Gasteiger partial charge in [-0.2, -0.15) is 0 Å². The van der Waals surface area contributed by atoms with Crippen molar-refractivity contribution in [2.75, 3.05) is 0 Å². The molecular weight excluding hydrogens is 116 g/mol. The van der Waals surface area contributed by atoms with E-state index in [0.717, 1.165) is 0 Å². The maximum Gasteiger partial charge on any atom is 0.361 e. The second-order valence-electron chi connectivity index (χ2n) is 2.66. The van der Waals surface area contributed by atoms with Gasteiger partial charge >= 0.3 is 5.97 Å². The highest BCUT2D eigenvalue weighted by Gasteiger charge is 2.26. The van der Waals surface area contributed by atoms with E-state index in [2.05, 4.69) is 6.58 Å². The van der Waals surface area contributed by atoms with Crippen LogP contribution in [0.1, 0.15) is 20.3 Å². The minimum atomic E-state index is -1.03. The molecule has 0 fully saturated rings. The van der Waals surface area contributed by atoms with Gasteiger partial charge in [0.1, 0.15) is 0 Å². The number of allylic oxidation sites excluding steroid dienone is 1. The van der Waals surface area contributed by atoms with Gasteiger partial charge in [-0.3, -0.25) is 0 Å². The third kappa shape index (κ3) is 2.31. The Bertz CT molecular complexity index is 125. The van der Waals surface area contributed by atoms with Crippen molar-refractivity contribution in [3.8, 4) is 0 Å². The van der Waals surface area contributed by atoms with Gasteiger partial charge in [-0.25, -0.2) is 9.90 Å². The fourth-order valence-corrected chi connectivity index (χ4v) is 0.444. The molecule has 0 heterocycles. The molecule has 2 heteroatoms. The summed E-state index contributed by atoms with van der Waals surface area (Å²) in [7, 11) is 0. The molecule has 0 aliphatic rings. The van der Waals surface area contributed by atoms with Gasteiger partial charge in [0, 0.05) is 0 Å². The third-order valence-electron chi connectivity index (χ3n) is 1.21. The zero-order chi connectivity index (χ0) is 7.49. The van der Waals surface area contributed by atoms with Crippen molar-refractivity contribution >= 4 is 5.97 Å². The number of hydrogen-bond donors (Lipinski definition) is 0. The van der Waals surface area contributed by atoms with E-state index in [9.17, 15) is 9.90 Å². The van der Waals surface area contributed by atoms with Crippen LogP contribution >= 0.6 is 0 Å². The molecule has 0 spiro atoms. The molecule has 0 rings (SSSR count). The van der Waals surface area contributed by atoms with Crippen molar-refractivity contribution in [1.82, 2.24) is 0 Å². The molecule has 0 aromatic rings. The van der Waals surface area contributed by atoms with Crippen molar-refractivity contribution in [1.29, 1.82) is 0 Å². The van der Waals surface area contributed by atoms with Crippen LogP contribution in [0.25, 0.3) is 0 Å². The Kier molecular flexibility index (Phi) is 2.43. The summed E-state index contributed by atoms with van der Waals surface area (Å²) in [5, 5.41) is 10.3. The first kappa shape index (κ1) is 8.21. The van der Waals surface area contributed by atoms with E-state index >= 15 is 0 Å². The van der Waals surface area contributed by atoms with Crippen molar-refractivity contribution in [3.63, 3.8) is 0 Å². The van der Waals surface area contributed by atoms with E-state index in [1.54, 1.807) is 19.9 Å². The predicted octanol–water partition coefficient (Wildman–Crippen LogP) is 1.55. The maximum absolute atomic E-state index is 10.3. The zero-order valence-corrected chi connectivity index (χ0v) is 5.81. The summed E-state index contributed by atoms with van der Waals surface area (Å²) in [5.41, 5.74) is -0.762. The molecule has 0 aromatic heterocycles. The molecule has 0 N–H and O–H groups in total. The molecule has 0 unspecified atom stereocenters. The monoisotopic (exact) mass is 127 g/mol. The Morgan fingerprint density at radius 2 is 2.11 bits per heavy atom. The molecule has 0 aromatic carbocycles. The Morgan fingerprint density at radius 3 is 2.22 bits per heavy atom. The summed E-state index contributed by atoms with van der Waals surface area (Å²) in [6, 6.07) is 0. The standard InChI is InChI=1S/C7H11O2/c1-4-5-7(2,3)6(8)9/h4H,1,5H2,2-3H3. The maximum atomic E-state index is 10.3. The molecular formula is C7H11O2. The molecule has 0 saturated heterocycles. The Labute approximate surface area is 55.2 Å². The van der Waals surface area contributed by atoms with Gasteiger partial charge < -0.3 is 0 Å². The number of rotatable bonds is 3. The molecule has 0 aliphatic heterocycles. The quantitative estimate of drug-likeness (QED) is 0.530. The molecule has 9 heavy (non-hydrogen) atoms. The first-order valence-corrected chi connectivity index (χ1v) is 2.83. The van der Waals surface area contributed by atoms with Gasteiger partial charge in [0.25, 0.3) is 0 Å². The first-order chi connectivity index (χ1) is 4.00. The van der Waals surface area contributed by atoms with Crippen LogP contribution < -0.4 is 0 Å². The third-order valence-corrected chi connectivity index (χ3v) is 1.21. The van der Waals surface area contributed by atoms with Gasteiger partial charge in [0.15, 0.2) is 0 Å². The van der Waals surface area contributed by atoms with Crippen LogP contribution in [0, 0.1) is 5.41 Å². The molecule has 1 radical (unpaired) electrons. The SMILES string of the molecule is C=CCC(C)(C)C([O])=O. The molecule has 0 bridgehead atoms. The van der Waals surface area contributed by atoms with E-state index in [4.69, 9.17) is 0 Å². The summed E-state index contributed by atoms with van der Waals surface area (Å²) >= 11 is 0. The van der Waals surface area contributed by atoms with Gasteiger partial charge in [-0.05, 0) is 20.3 Å². The molecule has 0 amide bonds. The Morgan fingerprint density at radius 1 is 1.67 bits per heavy atom. The highest BCUT2D eigenvalue weighted by atomic mass is 16.4. The largest absolute Gasteiger partial charge is 0.361 e. The fraction of sp³-hybridized carbons (Fsp3) is 0.571. The molecule has 0 aliphatic carbocycles. The minimum Gasteiger partial charge on any atom is -0.247 e. The van der Waals surface area contributed by atoms with E-state index in [-0.39, 0.29) is 0 Å². The summed E-state index contributed by atoms with van der Waals surface area (Å²) in [4.78, 5) is 10.3. The summed E-state index contributed by atoms with van der Waals surface area (Å²) in [5.74, 6) is -1.03. The molecule has 2 nitrogen and oxygen atoms in total. The second kappa shape index (κ2) is 2.67. The number of carbonyl (C=O) groups excluding carboxylic acids is 1. The number of carbonyl (C=O) groups is 1. The van der Waals surface area contributed by atoms with Crippen molar-refractivity contribution in [3.05, 3.63) is 12.7 Å². The van der Waals surface area contributed by atoms with Crippen LogP contribution in [0.5, 0.6) is 0 Å². The lowest BCUT2D eigenvalue weighted by Crippen LogP contribution is -2.21. The summed E-state index contributed by atoms with van der Waals surface area (Å²) in [6.45, 7) is 6.67. The van der Waals surface area contributed by atoms with Crippen LogP contribution in [0.2, 0.25) is 0 Å². The van der Waals surface area contributed by atoms with Crippen molar-refractivity contribution in [2.24, 2.45) is 5.41 Å². The number of hydrogen-bond acceptors (Lipinski definition) is 1. The van der Waals surface area contributed by atoms with Crippen molar-refractivity contribution in [2.45, 2.75) is 20.3 Å². The normalized spacial score (nSPS) is 10.9. The van der Waals surface area contributed by atoms with Crippen molar-refractivity contribution < 1.29 is 9.90 Å². The predicted molar refractivity (Wildman–Crippen MR) is 34.3 cm³/mol. The van der Waals surface area contributed by atoms with Gasteiger partial charge in [0.05, 0.1) is 5.41 Å². The van der Waals surface area contributed by atoms with E-state index in [1.165, 1.54) is 0 Å². The smallest absolute Gasteiger partial charge is 0.247 e. The zero-order valence-electron chi connectivity index (χ0n) is 5.81.